The number of primary amides is 1. The topological polar surface area (TPSA) is 64.3 Å². The zero-order valence-electron chi connectivity index (χ0n) is 11.7. The van der Waals surface area contributed by atoms with Crippen LogP contribution in [-0.2, 0) is 13.2 Å². The minimum atomic E-state index is -0.652. The van der Waals surface area contributed by atoms with Gasteiger partial charge in [-0.1, -0.05) is 18.2 Å². The Morgan fingerprint density at radius 2 is 2.10 bits per heavy atom. The summed E-state index contributed by atoms with van der Waals surface area (Å²) in [5, 5.41) is 3.05. The summed E-state index contributed by atoms with van der Waals surface area (Å²) in [4.78, 5) is 11.0. The van der Waals surface area contributed by atoms with Crippen LogP contribution in [0, 0.1) is 5.82 Å². The molecular weight excluding hydrogens is 271 g/mol. The number of amides is 1. The Morgan fingerprint density at radius 3 is 2.76 bits per heavy atom. The number of hydrogen-bond donors (Lipinski definition) is 2. The van der Waals surface area contributed by atoms with Gasteiger partial charge in [-0.3, -0.25) is 4.79 Å². The van der Waals surface area contributed by atoms with Crippen molar-refractivity contribution in [1.29, 1.82) is 0 Å². The van der Waals surface area contributed by atoms with Gasteiger partial charge in [0.05, 0.1) is 0 Å². The number of rotatable bonds is 6. The van der Waals surface area contributed by atoms with E-state index < -0.39 is 11.7 Å². The normalized spacial score (nSPS) is 10.4. The SMILES string of the molecule is CNCc1cccc(OCc2ccc(C(N)=O)cc2F)c1. The first-order valence-corrected chi connectivity index (χ1v) is 6.54. The molecule has 0 saturated carbocycles. The number of carbonyl (C=O) groups excluding carboxylic acids is 1. The lowest BCUT2D eigenvalue weighted by Gasteiger charge is -2.09. The van der Waals surface area contributed by atoms with Gasteiger partial charge in [-0.05, 0) is 36.9 Å². The molecule has 0 aliphatic rings. The molecule has 0 heterocycles. The Hall–Kier alpha value is -2.40. The van der Waals surface area contributed by atoms with Crippen LogP contribution in [0.2, 0.25) is 0 Å². The van der Waals surface area contributed by atoms with Gasteiger partial charge in [0.1, 0.15) is 18.2 Å². The highest BCUT2D eigenvalue weighted by molar-refractivity contribution is 5.92. The van der Waals surface area contributed by atoms with Crippen LogP contribution in [0.1, 0.15) is 21.5 Å². The highest BCUT2D eigenvalue weighted by Crippen LogP contribution is 2.17. The van der Waals surface area contributed by atoms with E-state index in [9.17, 15) is 9.18 Å². The van der Waals surface area contributed by atoms with Crippen molar-refractivity contribution < 1.29 is 13.9 Å². The maximum atomic E-state index is 13.8. The van der Waals surface area contributed by atoms with E-state index in [4.69, 9.17) is 10.5 Å². The van der Waals surface area contributed by atoms with Gasteiger partial charge in [-0.15, -0.1) is 0 Å². The van der Waals surface area contributed by atoms with Crippen LogP contribution in [-0.4, -0.2) is 13.0 Å². The number of ether oxygens (including phenoxy) is 1. The van der Waals surface area contributed by atoms with Gasteiger partial charge in [-0.2, -0.15) is 0 Å². The second-order valence-corrected chi connectivity index (χ2v) is 4.64. The third-order valence-electron chi connectivity index (χ3n) is 3.01. The van der Waals surface area contributed by atoms with Crippen LogP contribution in [0.5, 0.6) is 5.75 Å². The number of nitrogens with two attached hydrogens (primary N) is 1. The molecule has 0 radical (unpaired) electrons. The third-order valence-corrected chi connectivity index (χ3v) is 3.01. The summed E-state index contributed by atoms with van der Waals surface area (Å²) in [6, 6.07) is 11.7. The van der Waals surface area contributed by atoms with E-state index in [1.807, 2.05) is 31.3 Å². The lowest BCUT2D eigenvalue weighted by Crippen LogP contribution is -2.11. The van der Waals surface area contributed by atoms with E-state index in [2.05, 4.69) is 5.32 Å². The van der Waals surface area contributed by atoms with Gasteiger partial charge in [-0.25, -0.2) is 4.39 Å². The Kier molecular flexibility index (Phi) is 4.90. The molecule has 0 aromatic heterocycles. The Balaban J connectivity index is 2.06. The summed E-state index contributed by atoms with van der Waals surface area (Å²) in [6.45, 7) is 0.826. The molecule has 0 bridgehead atoms. The molecule has 0 aliphatic heterocycles. The Labute approximate surface area is 122 Å². The number of carbonyl (C=O) groups is 1. The molecule has 3 N–H and O–H groups in total. The molecule has 0 fully saturated rings. The van der Waals surface area contributed by atoms with E-state index in [-0.39, 0.29) is 12.2 Å². The Bertz CT molecular complexity index is 644. The van der Waals surface area contributed by atoms with Gasteiger partial charge in [0.25, 0.3) is 0 Å². The monoisotopic (exact) mass is 288 g/mol. The molecule has 2 aromatic carbocycles. The van der Waals surface area contributed by atoms with Crippen LogP contribution in [0.15, 0.2) is 42.5 Å². The molecule has 4 nitrogen and oxygen atoms in total. The summed E-state index contributed by atoms with van der Waals surface area (Å²) in [5.41, 5.74) is 6.70. The fraction of sp³-hybridized carbons (Fsp3) is 0.188. The second kappa shape index (κ2) is 6.85. The average Bonchev–Trinajstić information content (AvgIpc) is 2.46. The number of hydrogen-bond acceptors (Lipinski definition) is 3. The molecule has 5 heteroatoms. The zero-order chi connectivity index (χ0) is 15.2. The first-order valence-electron chi connectivity index (χ1n) is 6.54. The van der Waals surface area contributed by atoms with Crippen LogP contribution >= 0.6 is 0 Å². The molecule has 0 atom stereocenters. The van der Waals surface area contributed by atoms with Gasteiger partial charge in [0.15, 0.2) is 0 Å². The predicted molar refractivity (Wildman–Crippen MR) is 78.5 cm³/mol. The largest absolute Gasteiger partial charge is 0.489 e. The summed E-state index contributed by atoms with van der Waals surface area (Å²) >= 11 is 0. The number of benzene rings is 2. The zero-order valence-corrected chi connectivity index (χ0v) is 11.7. The van der Waals surface area contributed by atoms with Crippen molar-refractivity contribution in [2.24, 2.45) is 5.73 Å². The average molecular weight is 288 g/mol. The van der Waals surface area contributed by atoms with Gasteiger partial charge in [0, 0.05) is 17.7 Å². The molecule has 0 spiro atoms. The van der Waals surface area contributed by atoms with Gasteiger partial charge < -0.3 is 15.8 Å². The van der Waals surface area contributed by atoms with Crippen LogP contribution in [0.3, 0.4) is 0 Å². The number of nitrogens with one attached hydrogen (secondary N) is 1. The van der Waals surface area contributed by atoms with Crippen molar-refractivity contribution in [3.05, 3.63) is 65.0 Å². The van der Waals surface area contributed by atoms with Crippen molar-refractivity contribution in [3.8, 4) is 5.75 Å². The molecule has 0 saturated heterocycles. The van der Waals surface area contributed by atoms with E-state index in [0.717, 1.165) is 18.2 Å². The lowest BCUT2D eigenvalue weighted by atomic mass is 10.1. The molecule has 2 aromatic rings. The summed E-state index contributed by atoms with van der Waals surface area (Å²) < 4.78 is 19.4. The van der Waals surface area contributed by atoms with Crippen molar-refractivity contribution in [1.82, 2.24) is 5.32 Å². The fourth-order valence-electron chi connectivity index (χ4n) is 1.93. The quantitative estimate of drug-likeness (QED) is 0.856. The molecule has 0 aliphatic carbocycles. The first-order chi connectivity index (χ1) is 10.1. The maximum absolute atomic E-state index is 13.8. The summed E-state index contributed by atoms with van der Waals surface area (Å²) in [6.07, 6.45) is 0. The minimum Gasteiger partial charge on any atom is -0.489 e. The summed E-state index contributed by atoms with van der Waals surface area (Å²) in [5.74, 6) is -0.486. The molecular formula is C16H17FN2O2. The lowest BCUT2D eigenvalue weighted by molar-refractivity contribution is 0.0999. The summed E-state index contributed by atoms with van der Waals surface area (Å²) in [7, 11) is 1.86. The highest BCUT2D eigenvalue weighted by Gasteiger charge is 2.07. The molecule has 0 unspecified atom stereocenters. The van der Waals surface area contributed by atoms with Crippen molar-refractivity contribution in [2.45, 2.75) is 13.2 Å². The van der Waals surface area contributed by atoms with Crippen LogP contribution < -0.4 is 15.8 Å². The van der Waals surface area contributed by atoms with Crippen LogP contribution in [0.25, 0.3) is 0 Å². The predicted octanol–water partition coefficient (Wildman–Crippen LogP) is 2.22. The molecule has 21 heavy (non-hydrogen) atoms. The molecule has 110 valence electrons. The van der Waals surface area contributed by atoms with E-state index in [0.29, 0.717) is 11.3 Å². The maximum Gasteiger partial charge on any atom is 0.248 e. The third kappa shape index (κ3) is 4.03. The molecule has 1 amide bonds. The van der Waals surface area contributed by atoms with E-state index >= 15 is 0 Å². The van der Waals surface area contributed by atoms with Gasteiger partial charge >= 0.3 is 0 Å². The fourth-order valence-corrected chi connectivity index (χ4v) is 1.93. The second-order valence-electron chi connectivity index (χ2n) is 4.64. The van der Waals surface area contributed by atoms with Crippen molar-refractivity contribution in [2.75, 3.05) is 7.05 Å². The minimum absolute atomic E-state index is 0.0912. The van der Waals surface area contributed by atoms with Crippen molar-refractivity contribution in [3.63, 3.8) is 0 Å². The van der Waals surface area contributed by atoms with E-state index in [1.165, 1.54) is 12.1 Å². The smallest absolute Gasteiger partial charge is 0.248 e. The highest BCUT2D eigenvalue weighted by atomic mass is 19.1. The molecule has 2 rings (SSSR count). The number of halogens is 1. The Morgan fingerprint density at radius 1 is 1.29 bits per heavy atom. The van der Waals surface area contributed by atoms with Gasteiger partial charge in [0.2, 0.25) is 5.91 Å². The standard InChI is InChI=1S/C16H17FN2O2/c1-19-9-11-3-2-4-14(7-11)21-10-13-6-5-12(16(18)20)8-15(13)17/h2-8,19H,9-10H2,1H3,(H2,18,20). The first kappa shape index (κ1) is 15.0. The van der Waals surface area contributed by atoms with E-state index in [1.54, 1.807) is 0 Å². The van der Waals surface area contributed by atoms with Crippen LogP contribution in [0.4, 0.5) is 4.39 Å². The van der Waals surface area contributed by atoms with Crippen molar-refractivity contribution >= 4 is 5.91 Å².